The van der Waals surface area contributed by atoms with Crippen molar-refractivity contribution in [1.29, 1.82) is 0 Å². The number of nitrogen functional groups attached to an aromatic ring is 2. The van der Waals surface area contributed by atoms with Crippen LogP contribution in [0.25, 0.3) is 0 Å². The Bertz CT molecular complexity index is 570. The Morgan fingerprint density at radius 1 is 1.10 bits per heavy atom. The van der Waals surface area contributed by atoms with E-state index in [0.29, 0.717) is 11.6 Å². The Labute approximate surface area is 117 Å². The fourth-order valence-electron chi connectivity index (χ4n) is 1.64. The number of hydrogen-bond donors (Lipinski definition) is 4. The normalized spacial score (nSPS) is 10.4. The number of ether oxygens (including phenoxy) is 1. The van der Waals surface area contributed by atoms with Crippen molar-refractivity contribution in [2.45, 2.75) is 20.0 Å². The molecule has 0 aliphatic rings. The maximum Gasteiger partial charge on any atom is 0.223 e. The molecule has 0 radical (unpaired) electrons. The van der Waals surface area contributed by atoms with Crippen LogP contribution in [0.5, 0.6) is 5.75 Å². The van der Waals surface area contributed by atoms with E-state index in [4.69, 9.17) is 16.3 Å². The van der Waals surface area contributed by atoms with Gasteiger partial charge in [-0.1, -0.05) is 0 Å². The van der Waals surface area contributed by atoms with Crippen molar-refractivity contribution in [2.75, 3.05) is 16.5 Å². The third kappa shape index (κ3) is 3.72. The zero-order chi connectivity index (χ0) is 14.5. The highest BCUT2D eigenvalue weighted by molar-refractivity contribution is 5.61. The van der Waals surface area contributed by atoms with Gasteiger partial charge >= 0.3 is 0 Å². The van der Waals surface area contributed by atoms with Gasteiger partial charge in [0.15, 0.2) is 0 Å². The van der Waals surface area contributed by atoms with E-state index in [1.54, 1.807) is 6.07 Å². The number of hydrazine groups is 1. The Balaban J connectivity index is 2.11. The zero-order valence-electron chi connectivity index (χ0n) is 11.4. The predicted octanol–water partition coefficient (Wildman–Crippen LogP) is 1.88. The fraction of sp³-hybridized carbons (Fsp3) is 0.231. The van der Waals surface area contributed by atoms with Crippen LogP contribution in [-0.4, -0.2) is 16.1 Å². The number of nitrogens with one attached hydrogen (secondary N) is 2. The Morgan fingerprint density at radius 2 is 1.75 bits per heavy atom. The fourth-order valence-corrected chi connectivity index (χ4v) is 1.64. The van der Waals surface area contributed by atoms with Crippen LogP contribution in [0.3, 0.4) is 0 Å². The predicted molar refractivity (Wildman–Crippen MR) is 79.7 cm³/mol. The summed E-state index contributed by atoms with van der Waals surface area (Å²) in [6.07, 6.45) is 0.147. The van der Waals surface area contributed by atoms with Gasteiger partial charge in [-0.15, -0.1) is 0 Å². The standard InChI is InChI=1S/C13H18N6O/c1-8(2)20-10-5-3-9(4-6-10)16-11-7-12(19-15)18-13(14)17-11/h3-8H,15H2,1-2H3,(H4,14,16,17,18,19). The summed E-state index contributed by atoms with van der Waals surface area (Å²) in [5.41, 5.74) is 8.89. The molecule has 1 heterocycles. The number of nitrogens with two attached hydrogens (primary N) is 2. The van der Waals surface area contributed by atoms with Gasteiger partial charge in [-0.2, -0.15) is 9.97 Å². The minimum Gasteiger partial charge on any atom is -0.491 e. The van der Waals surface area contributed by atoms with E-state index in [9.17, 15) is 0 Å². The van der Waals surface area contributed by atoms with Crippen molar-refractivity contribution in [3.63, 3.8) is 0 Å². The summed E-state index contributed by atoms with van der Waals surface area (Å²) in [5, 5.41) is 3.12. The summed E-state index contributed by atoms with van der Waals surface area (Å²) in [4.78, 5) is 7.99. The molecule has 0 fully saturated rings. The second-order valence-corrected chi connectivity index (χ2v) is 4.46. The molecule has 0 amide bonds. The SMILES string of the molecule is CC(C)Oc1ccc(Nc2cc(NN)nc(N)n2)cc1. The molecule has 0 aliphatic heterocycles. The van der Waals surface area contributed by atoms with E-state index in [1.807, 2.05) is 38.1 Å². The van der Waals surface area contributed by atoms with Crippen molar-refractivity contribution in [2.24, 2.45) is 5.84 Å². The van der Waals surface area contributed by atoms with Gasteiger partial charge in [0.2, 0.25) is 5.95 Å². The van der Waals surface area contributed by atoms with Gasteiger partial charge in [-0.25, -0.2) is 5.84 Å². The molecule has 0 bridgehead atoms. The van der Waals surface area contributed by atoms with E-state index >= 15 is 0 Å². The summed E-state index contributed by atoms with van der Waals surface area (Å²) < 4.78 is 5.58. The third-order valence-electron chi connectivity index (χ3n) is 2.39. The van der Waals surface area contributed by atoms with Gasteiger partial charge in [0.1, 0.15) is 17.4 Å². The van der Waals surface area contributed by atoms with E-state index < -0.39 is 0 Å². The molecule has 7 heteroatoms. The smallest absolute Gasteiger partial charge is 0.223 e. The maximum atomic E-state index is 5.59. The summed E-state index contributed by atoms with van der Waals surface area (Å²) in [7, 11) is 0. The second kappa shape index (κ2) is 6.07. The Kier molecular flexibility index (Phi) is 4.21. The van der Waals surface area contributed by atoms with Crippen molar-refractivity contribution in [3.8, 4) is 5.75 Å². The lowest BCUT2D eigenvalue weighted by molar-refractivity contribution is 0.242. The molecule has 2 aromatic rings. The number of aromatic nitrogens is 2. The molecule has 7 nitrogen and oxygen atoms in total. The number of nitrogens with zero attached hydrogens (tertiary/aromatic N) is 2. The molecule has 1 aromatic carbocycles. The monoisotopic (exact) mass is 274 g/mol. The Morgan fingerprint density at radius 3 is 2.35 bits per heavy atom. The number of anilines is 4. The van der Waals surface area contributed by atoms with Crippen LogP contribution < -0.4 is 27.1 Å². The highest BCUT2D eigenvalue weighted by atomic mass is 16.5. The van der Waals surface area contributed by atoms with Gasteiger partial charge < -0.3 is 21.2 Å². The summed E-state index contributed by atoms with van der Waals surface area (Å²) in [6, 6.07) is 9.22. The molecular weight excluding hydrogens is 256 g/mol. The third-order valence-corrected chi connectivity index (χ3v) is 2.39. The number of rotatable bonds is 5. The van der Waals surface area contributed by atoms with Crippen LogP contribution in [-0.2, 0) is 0 Å². The second-order valence-electron chi connectivity index (χ2n) is 4.46. The van der Waals surface area contributed by atoms with Gasteiger partial charge in [-0.05, 0) is 38.1 Å². The minimum absolute atomic E-state index is 0.141. The lowest BCUT2D eigenvalue weighted by atomic mass is 10.3. The molecule has 0 atom stereocenters. The number of hydrogen-bond acceptors (Lipinski definition) is 7. The van der Waals surface area contributed by atoms with E-state index in [-0.39, 0.29) is 12.1 Å². The highest BCUT2D eigenvalue weighted by Crippen LogP contribution is 2.21. The van der Waals surface area contributed by atoms with Crippen molar-refractivity contribution in [1.82, 2.24) is 9.97 Å². The zero-order valence-corrected chi connectivity index (χ0v) is 11.4. The van der Waals surface area contributed by atoms with Gasteiger partial charge in [-0.3, -0.25) is 0 Å². The molecule has 0 unspecified atom stereocenters. The average Bonchev–Trinajstić information content (AvgIpc) is 2.39. The van der Waals surface area contributed by atoms with Crippen molar-refractivity contribution in [3.05, 3.63) is 30.3 Å². The van der Waals surface area contributed by atoms with Crippen LogP contribution in [0.2, 0.25) is 0 Å². The first kappa shape index (κ1) is 13.9. The summed E-state index contributed by atoms with van der Waals surface area (Å²) >= 11 is 0. The maximum absolute atomic E-state index is 5.59. The largest absolute Gasteiger partial charge is 0.491 e. The molecule has 0 saturated heterocycles. The average molecular weight is 274 g/mol. The lowest BCUT2D eigenvalue weighted by Crippen LogP contribution is -2.11. The van der Waals surface area contributed by atoms with E-state index in [1.165, 1.54) is 0 Å². The van der Waals surface area contributed by atoms with Crippen LogP contribution in [0.15, 0.2) is 30.3 Å². The van der Waals surface area contributed by atoms with Crippen LogP contribution in [0, 0.1) is 0 Å². The van der Waals surface area contributed by atoms with E-state index in [2.05, 4.69) is 20.7 Å². The molecule has 106 valence electrons. The highest BCUT2D eigenvalue weighted by Gasteiger charge is 2.03. The summed E-state index contributed by atoms with van der Waals surface area (Å²) in [5.74, 6) is 7.27. The number of benzene rings is 1. The Hall–Kier alpha value is -2.54. The van der Waals surface area contributed by atoms with Gasteiger partial charge in [0.25, 0.3) is 0 Å². The lowest BCUT2D eigenvalue weighted by Gasteiger charge is -2.11. The van der Waals surface area contributed by atoms with Gasteiger partial charge in [0, 0.05) is 11.8 Å². The summed E-state index contributed by atoms with van der Waals surface area (Å²) in [6.45, 7) is 3.97. The van der Waals surface area contributed by atoms with Gasteiger partial charge in [0.05, 0.1) is 6.10 Å². The quantitative estimate of drug-likeness (QED) is 0.486. The van der Waals surface area contributed by atoms with Crippen molar-refractivity contribution < 1.29 is 4.74 Å². The van der Waals surface area contributed by atoms with Crippen molar-refractivity contribution >= 4 is 23.3 Å². The van der Waals surface area contributed by atoms with Crippen LogP contribution in [0.4, 0.5) is 23.3 Å². The molecule has 20 heavy (non-hydrogen) atoms. The molecule has 6 N–H and O–H groups in total. The molecule has 2 rings (SSSR count). The molecule has 0 aliphatic carbocycles. The minimum atomic E-state index is 0.141. The molecular formula is C13H18N6O. The first-order valence-corrected chi connectivity index (χ1v) is 6.22. The van der Waals surface area contributed by atoms with Crippen LogP contribution >= 0.6 is 0 Å². The molecule has 0 saturated carbocycles. The van der Waals surface area contributed by atoms with E-state index in [0.717, 1.165) is 11.4 Å². The first-order chi connectivity index (χ1) is 9.56. The van der Waals surface area contributed by atoms with Crippen LogP contribution in [0.1, 0.15) is 13.8 Å². The molecule has 1 aromatic heterocycles. The first-order valence-electron chi connectivity index (χ1n) is 6.22. The topological polar surface area (TPSA) is 111 Å². The molecule has 0 spiro atoms.